The van der Waals surface area contributed by atoms with Gasteiger partial charge in [-0.25, -0.2) is 0 Å². The predicted octanol–water partition coefficient (Wildman–Crippen LogP) is 1.74. The molecule has 0 spiro atoms. The van der Waals surface area contributed by atoms with Crippen molar-refractivity contribution >= 4 is 21.8 Å². The molecule has 3 N–H and O–H groups in total. The van der Waals surface area contributed by atoms with Crippen LogP contribution in [0.15, 0.2) is 22.7 Å². The third-order valence-electron chi connectivity index (χ3n) is 3.21. The molecular formula is C15H24BrN3O2. The van der Waals surface area contributed by atoms with E-state index < -0.39 is 5.91 Å². The Morgan fingerprint density at radius 2 is 2.10 bits per heavy atom. The number of carbonyl (C=O) groups excluding carboxylic acids is 1. The Morgan fingerprint density at radius 3 is 2.71 bits per heavy atom. The molecule has 0 atom stereocenters. The highest BCUT2D eigenvalue weighted by atomic mass is 79.9. The lowest BCUT2D eigenvalue weighted by atomic mass is 10.2. The number of nitrogens with two attached hydrogens (primary N) is 1. The molecule has 1 amide bonds. The third-order valence-corrected chi connectivity index (χ3v) is 3.70. The van der Waals surface area contributed by atoms with E-state index in [1.165, 1.54) is 0 Å². The first-order valence-electron chi connectivity index (χ1n) is 7.19. The zero-order valence-corrected chi connectivity index (χ0v) is 14.3. The fourth-order valence-corrected chi connectivity index (χ4v) is 2.38. The van der Waals surface area contributed by atoms with Crippen LogP contribution in [0.3, 0.4) is 0 Å². The maximum Gasteiger partial charge on any atom is 0.255 e. The number of hydrogen-bond donors (Lipinski definition) is 2. The van der Waals surface area contributed by atoms with Gasteiger partial charge in [-0.3, -0.25) is 4.79 Å². The summed E-state index contributed by atoms with van der Waals surface area (Å²) in [6.07, 6.45) is 0. The van der Waals surface area contributed by atoms with Crippen LogP contribution >= 0.6 is 15.9 Å². The van der Waals surface area contributed by atoms with Gasteiger partial charge in [-0.05, 0) is 31.3 Å². The highest BCUT2D eigenvalue weighted by Gasteiger charge is 2.06. The van der Waals surface area contributed by atoms with Gasteiger partial charge in [0, 0.05) is 29.7 Å². The number of carbonyl (C=O) groups is 1. The van der Waals surface area contributed by atoms with Crippen molar-refractivity contribution in [2.75, 3.05) is 32.8 Å². The number of nitrogens with one attached hydrogen (secondary N) is 1. The molecule has 0 aliphatic carbocycles. The van der Waals surface area contributed by atoms with Crippen LogP contribution in [0, 0.1) is 0 Å². The molecule has 1 rings (SSSR count). The van der Waals surface area contributed by atoms with E-state index in [1.807, 2.05) is 18.2 Å². The van der Waals surface area contributed by atoms with Gasteiger partial charge in [-0.15, -0.1) is 0 Å². The summed E-state index contributed by atoms with van der Waals surface area (Å²) in [5.74, 6) is 0.214. The summed E-state index contributed by atoms with van der Waals surface area (Å²) < 4.78 is 6.41. The molecule has 0 heterocycles. The number of nitrogens with zero attached hydrogens (tertiary/aromatic N) is 1. The van der Waals surface area contributed by atoms with Crippen LogP contribution in [0.25, 0.3) is 0 Å². The van der Waals surface area contributed by atoms with Crippen molar-refractivity contribution in [3.63, 3.8) is 0 Å². The summed E-state index contributed by atoms with van der Waals surface area (Å²) in [6, 6.07) is 5.71. The summed E-state index contributed by atoms with van der Waals surface area (Å²) in [6.45, 7) is 8.94. The van der Waals surface area contributed by atoms with Gasteiger partial charge in [-0.1, -0.05) is 29.8 Å². The van der Waals surface area contributed by atoms with Crippen molar-refractivity contribution < 1.29 is 9.53 Å². The normalized spacial score (nSPS) is 10.9. The van der Waals surface area contributed by atoms with E-state index in [0.29, 0.717) is 12.3 Å². The fraction of sp³-hybridized carbons (Fsp3) is 0.533. The summed E-state index contributed by atoms with van der Waals surface area (Å²) in [5, 5.41) is 3.40. The van der Waals surface area contributed by atoms with Crippen molar-refractivity contribution in [1.29, 1.82) is 0 Å². The van der Waals surface area contributed by atoms with Crippen LogP contribution < -0.4 is 15.8 Å². The van der Waals surface area contributed by atoms with E-state index in [1.54, 1.807) is 0 Å². The minimum absolute atomic E-state index is 0.103. The number of amides is 1. The minimum atomic E-state index is -0.474. The lowest BCUT2D eigenvalue weighted by Gasteiger charge is -2.18. The first-order valence-corrected chi connectivity index (χ1v) is 7.98. The number of halogens is 1. The highest BCUT2D eigenvalue weighted by Crippen LogP contribution is 2.23. The molecule has 0 fully saturated rings. The lowest BCUT2D eigenvalue weighted by Crippen LogP contribution is -2.31. The van der Waals surface area contributed by atoms with Gasteiger partial charge in [0.1, 0.15) is 5.75 Å². The van der Waals surface area contributed by atoms with Crippen LogP contribution in [0.4, 0.5) is 0 Å². The Balaban J connectivity index is 2.52. The molecule has 118 valence electrons. The number of primary amides is 1. The SMILES string of the molecule is CCN(CC)CCNCc1cc(Br)ccc1OCC(N)=O. The molecule has 0 radical (unpaired) electrons. The second-order valence-corrected chi connectivity index (χ2v) is 5.63. The monoisotopic (exact) mass is 357 g/mol. The zero-order chi connectivity index (χ0) is 15.7. The highest BCUT2D eigenvalue weighted by molar-refractivity contribution is 9.10. The van der Waals surface area contributed by atoms with Gasteiger partial charge in [0.15, 0.2) is 6.61 Å². The van der Waals surface area contributed by atoms with Gasteiger partial charge < -0.3 is 20.7 Å². The maximum atomic E-state index is 10.8. The third kappa shape index (κ3) is 6.93. The number of benzene rings is 1. The Kier molecular flexibility index (Phi) is 8.34. The largest absolute Gasteiger partial charge is 0.483 e. The Labute approximate surface area is 135 Å². The molecule has 1 aromatic rings. The summed E-state index contributed by atoms with van der Waals surface area (Å²) in [7, 11) is 0. The number of hydrogen-bond acceptors (Lipinski definition) is 4. The van der Waals surface area contributed by atoms with E-state index in [2.05, 4.69) is 40.0 Å². The zero-order valence-electron chi connectivity index (χ0n) is 12.7. The average molecular weight is 358 g/mol. The standard InChI is InChI=1S/C15H24BrN3O2/c1-3-19(4-2)8-7-18-10-12-9-13(16)5-6-14(12)21-11-15(17)20/h5-6,9,18H,3-4,7-8,10-11H2,1-2H3,(H2,17,20). The van der Waals surface area contributed by atoms with Crippen molar-refractivity contribution in [2.45, 2.75) is 20.4 Å². The maximum absolute atomic E-state index is 10.8. The van der Waals surface area contributed by atoms with E-state index in [4.69, 9.17) is 10.5 Å². The van der Waals surface area contributed by atoms with Crippen molar-refractivity contribution in [2.24, 2.45) is 5.73 Å². The second kappa shape index (κ2) is 9.76. The van der Waals surface area contributed by atoms with Crippen LogP contribution in [0.5, 0.6) is 5.75 Å². The first-order chi connectivity index (χ1) is 10.1. The van der Waals surface area contributed by atoms with Crippen LogP contribution in [-0.2, 0) is 11.3 Å². The smallest absolute Gasteiger partial charge is 0.255 e. The van der Waals surface area contributed by atoms with Crippen molar-refractivity contribution in [3.8, 4) is 5.75 Å². The molecule has 0 saturated heterocycles. The fourth-order valence-electron chi connectivity index (χ4n) is 1.98. The van der Waals surface area contributed by atoms with Crippen molar-refractivity contribution in [3.05, 3.63) is 28.2 Å². The predicted molar refractivity (Wildman–Crippen MR) is 88.3 cm³/mol. The summed E-state index contributed by atoms with van der Waals surface area (Å²) >= 11 is 3.45. The van der Waals surface area contributed by atoms with Gasteiger partial charge in [0.25, 0.3) is 5.91 Å². The molecule has 0 aliphatic rings. The summed E-state index contributed by atoms with van der Waals surface area (Å²) in [4.78, 5) is 13.2. The summed E-state index contributed by atoms with van der Waals surface area (Å²) in [5.41, 5.74) is 6.12. The van der Waals surface area contributed by atoms with E-state index in [-0.39, 0.29) is 6.61 Å². The molecule has 6 heteroatoms. The number of ether oxygens (including phenoxy) is 1. The molecule has 0 bridgehead atoms. The topological polar surface area (TPSA) is 67.6 Å². The average Bonchev–Trinajstić information content (AvgIpc) is 2.46. The number of rotatable bonds is 10. The molecule has 0 saturated carbocycles. The molecule has 1 aromatic carbocycles. The lowest BCUT2D eigenvalue weighted by molar-refractivity contribution is -0.119. The van der Waals surface area contributed by atoms with Crippen molar-refractivity contribution in [1.82, 2.24) is 10.2 Å². The van der Waals surface area contributed by atoms with E-state index in [9.17, 15) is 4.79 Å². The van der Waals surface area contributed by atoms with E-state index >= 15 is 0 Å². The molecule has 0 aromatic heterocycles. The molecule has 21 heavy (non-hydrogen) atoms. The molecule has 0 aliphatic heterocycles. The van der Waals surface area contributed by atoms with Gasteiger partial charge >= 0.3 is 0 Å². The van der Waals surface area contributed by atoms with Gasteiger partial charge in [0.05, 0.1) is 0 Å². The van der Waals surface area contributed by atoms with Crippen LogP contribution in [-0.4, -0.2) is 43.6 Å². The Bertz CT molecular complexity index is 451. The van der Waals surface area contributed by atoms with E-state index in [0.717, 1.165) is 36.2 Å². The Hall–Kier alpha value is -1.11. The van der Waals surface area contributed by atoms with Gasteiger partial charge in [0.2, 0.25) is 0 Å². The quantitative estimate of drug-likeness (QED) is 0.626. The number of likely N-dealkylation sites (N-methyl/N-ethyl adjacent to an activating group) is 1. The Morgan fingerprint density at radius 1 is 1.38 bits per heavy atom. The second-order valence-electron chi connectivity index (χ2n) is 4.71. The van der Waals surface area contributed by atoms with Crippen LogP contribution in [0.1, 0.15) is 19.4 Å². The first kappa shape index (κ1) is 17.9. The van der Waals surface area contributed by atoms with Crippen LogP contribution in [0.2, 0.25) is 0 Å². The molecule has 5 nitrogen and oxygen atoms in total. The molecular weight excluding hydrogens is 334 g/mol. The minimum Gasteiger partial charge on any atom is -0.483 e. The van der Waals surface area contributed by atoms with Gasteiger partial charge in [-0.2, -0.15) is 0 Å². The molecule has 0 unspecified atom stereocenters.